The number of amides is 1. The maximum atomic E-state index is 13.2. The predicted molar refractivity (Wildman–Crippen MR) is 99.4 cm³/mol. The van der Waals surface area contributed by atoms with Gasteiger partial charge in [0.05, 0.1) is 18.2 Å². The molecule has 3 atom stereocenters. The Labute approximate surface area is 150 Å². The van der Waals surface area contributed by atoms with E-state index in [1.165, 1.54) is 16.7 Å². The topological polar surface area (TPSA) is 50.2 Å². The van der Waals surface area contributed by atoms with Crippen LogP contribution in [0.3, 0.4) is 0 Å². The van der Waals surface area contributed by atoms with Gasteiger partial charge in [-0.25, -0.2) is 0 Å². The highest BCUT2D eigenvalue weighted by Gasteiger charge is 2.37. The molecule has 0 radical (unpaired) electrons. The van der Waals surface area contributed by atoms with Crippen molar-refractivity contribution in [2.45, 2.75) is 32.7 Å². The van der Waals surface area contributed by atoms with Gasteiger partial charge in [0.25, 0.3) is 0 Å². The first kappa shape index (κ1) is 17.7. The van der Waals surface area contributed by atoms with Gasteiger partial charge in [-0.1, -0.05) is 23.8 Å². The molecular weight excluding hydrogens is 312 g/mol. The lowest BCUT2D eigenvalue weighted by Gasteiger charge is -2.30. The molecule has 0 saturated carbocycles. The van der Waals surface area contributed by atoms with Crippen molar-refractivity contribution in [2.24, 2.45) is 13.0 Å². The van der Waals surface area contributed by atoms with Crippen LogP contribution in [0.15, 0.2) is 30.6 Å². The summed E-state index contributed by atoms with van der Waals surface area (Å²) >= 11 is 0. The molecule has 1 N–H and O–H groups in total. The van der Waals surface area contributed by atoms with Crippen molar-refractivity contribution in [3.63, 3.8) is 0 Å². The number of hydrogen-bond acceptors (Lipinski definition) is 3. The van der Waals surface area contributed by atoms with Crippen LogP contribution >= 0.6 is 0 Å². The third kappa shape index (κ3) is 3.47. The molecule has 1 aromatic heterocycles. The number of hydrogen-bond donors (Lipinski definition) is 1. The highest BCUT2D eigenvalue weighted by molar-refractivity contribution is 5.81. The minimum atomic E-state index is -0.0394. The normalized spacial score (nSPS) is 21.3. The van der Waals surface area contributed by atoms with Crippen LogP contribution in [0.4, 0.5) is 0 Å². The van der Waals surface area contributed by atoms with Gasteiger partial charge in [0, 0.05) is 39.3 Å². The second-order valence-corrected chi connectivity index (χ2v) is 7.30. The standard InChI is InChI=1S/C20H28N4O/c1-13-6-7-17(14(2)8-13)15(3)24(5)20(25)19-11-21-10-18(19)16-9-22-23(4)12-16/h6-9,12,15,18-19,21H,10-11H2,1-5H3/t15?,18-,19+/m1/s1. The Bertz CT molecular complexity index is 767. The molecule has 1 aliphatic heterocycles. The lowest BCUT2D eigenvalue weighted by Crippen LogP contribution is -2.37. The van der Waals surface area contributed by atoms with E-state index < -0.39 is 0 Å². The lowest BCUT2D eigenvalue weighted by atomic mass is 9.89. The fraction of sp³-hybridized carbons (Fsp3) is 0.500. The van der Waals surface area contributed by atoms with Crippen LogP contribution in [0.5, 0.6) is 0 Å². The quantitative estimate of drug-likeness (QED) is 0.931. The molecule has 1 aliphatic rings. The number of aryl methyl sites for hydroxylation is 3. The van der Waals surface area contributed by atoms with E-state index in [1.807, 2.05) is 31.4 Å². The smallest absolute Gasteiger partial charge is 0.227 e. The van der Waals surface area contributed by atoms with Crippen LogP contribution in [0.25, 0.3) is 0 Å². The first-order valence-corrected chi connectivity index (χ1v) is 8.91. The number of benzene rings is 1. The number of carbonyl (C=O) groups is 1. The molecule has 1 saturated heterocycles. The molecule has 0 bridgehead atoms. The SMILES string of the molecule is Cc1ccc(C(C)N(C)C(=O)[C@H]2CNC[C@@H]2c2cnn(C)c2)c(C)c1. The number of nitrogens with zero attached hydrogens (tertiary/aromatic N) is 3. The Balaban J connectivity index is 1.79. The number of aromatic nitrogens is 2. The Morgan fingerprint density at radius 1 is 1.36 bits per heavy atom. The van der Waals surface area contributed by atoms with Crippen molar-refractivity contribution in [3.8, 4) is 0 Å². The molecule has 1 amide bonds. The Morgan fingerprint density at radius 3 is 2.76 bits per heavy atom. The van der Waals surface area contributed by atoms with Gasteiger partial charge in [0.1, 0.15) is 0 Å². The molecule has 0 spiro atoms. The Hall–Kier alpha value is -2.14. The molecule has 134 valence electrons. The summed E-state index contributed by atoms with van der Waals surface area (Å²) in [5, 5.41) is 7.65. The number of rotatable bonds is 4. The van der Waals surface area contributed by atoms with Crippen molar-refractivity contribution >= 4 is 5.91 Å². The molecule has 5 nitrogen and oxygen atoms in total. The first-order chi connectivity index (χ1) is 11.9. The summed E-state index contributed by atoms with van der Waals surface area (Å²) in [4.78, 5) is 15.1. The van der Waals surface area contributed by atoms with Gasteiger partial charge >= 0.3 is 0 Å². The summed E-state index contributed by atoms with van der Waals surface area (Å²) in [6.07, 6.45) is 3.90. The fourth-order valence-corrected chi connectivity index (χ4v) is 3.88. The summed E-state index contributed by atoms with van der Waals surface area (Å²) in [6, 6.07) is 6.50. The average Bonchev–Trinajstić information content (AvgIpc) is 3.21. The molecule has 2 aromatic rings. The Kier molecular flexibility index (Phi) is 4.95. The van der Waals surface area contributed by atoms with Gasteiger partial charge in [0.15, 0.2) is 0 Å². The van der Waals surface area contributed by atoms with E-state index >= 15 is 0 Å². The predicted octanol–water partition coefficient (Wildman–Crippen LogP) is 2.56. The van der Waals surface area contributed by atoms with Crippen LogP contribution < -0.4 is 5.32 Å². The van der Waals surface area contributed by atoms with Crippen LogP contribution in [0.1, 0.15) is 41.1 Å². The van der Waals surface area contributed by atoms with Gasteiger partial charge in [-0.2, -0.15) is 5.10 Å². The number of nitrogens with one attached hydrogen (secondary N) is 1. The molecule has 1 unspecified atom stereocenters. The summed E-state index contributed by atoms with van der Waals surface area (Å²) in [5.74, 6) is 0.351. The molecule has 5 heteroatoms. The van der Waals surface area contributed by atoms with E-state index in [1.54, 1.807) is 4.68 Å². The molecule has 2 heterocycles. The van der Waals surface area contributed by atoms with Crippen LogP contribution in [0.2, 0.25) is 0 Å². The maximum absolute atomic E-state index is 13.2. The second kappa shape index (κ2) is 7.00. The van der Waals surface area contributed by atoms with E-state index in [2.05, 4.69) is 49.4 Å². The van der Waals surface area contributed by atoms with E-state index in [9.17, 15) is 4.79 Å². The van der Waals surface area contributed by atoms with Crippen LogP contribution in [-0.2, 0) is 11.8 Å². The summed E-state index contributed by atoms with van der Waals surface area (Å²) in [7, 11) is 3.84. The highest BCUT2D eigenvalue weighted by atomic mass is 16.2. The van der Waals surface area contributed by atoms with Gasteiger partial charge in [0.2, 0.25) is 5.91 Å². The zero-order chi connectivity index (χ0) is 18.1. The zero-order valence-electron chi connectivity index (χ0n) is 15.8. The molecule has 0 aliphatic carbocycles. The largest absolute Gasteiger partial charge is 0.339 e. The monoisotopic (exact) mass is 340 g/mol. The molecule has 1 fully saturated rings. The first-order valence-electron chi connectivity index (χ1n) is 8.91. The third-order valence-electron chi connectivity index (χ3n) is 5.49. The molecule has 25 heavy (non-hydrogen) atoms. The highest BCUT2D eigenvalue weighted by Crippen LogP contribution is 2.32. The zero-order valence-corrected chi connectivity index (χ0v) is 15.8. The summed E-state index contributed by atoms with van der Waals surface area (Å²) < 4.78 is 1.80. The van der Waals surface area contributed by atoms with Crippen molar-refractivity contribution in [1.29, 1.82) is 0 Å². The average molecular weight is 340 g/mol. The van der Waals surface area contributed by atoms with E-state index in [-0.39, 0.29) is 23.8 Å². The maximum Gasteiger partial charge on any atom is 0.227 e. The third-order valence-corrected chi connectivity index (χ3v) is 5.49. The van der Waals surface area contributed by atoms with Gasteiger partial charge in [-0.3, -0.25) is 9.48 Å². The van der Waals surface area contributed by atoms with E-state index in [0.717, 1.165) is 18.7 Å². The van der Waals surface area contributed by atoms with Crippen molar-refractivity contribution in [3.05, 3.63) is 52.8 Å². The molecule has 1 aromatic carbocycles. The second-order valence-electron chi connectivity index (χ2n) is 7.30. The minimum Gasteiger partial charge on any atom is -0.339 e. The number of carbonyl (C=O) groups excluding carboxylic acids is 1. The van der Waals surface area contributed by atoms with Gasteiger partial charge < -0.3 is 10.2 Å². The van der Waals surface area contributed by atoms with Crippen molar-refractivity contribution < 1.29 is 4.79 Å². The summed E-state index contributed by atoms with van der Waals surface area (Å²) in [6.45, 7) is 7.87. The van der Waals surface area contributed by atoms with Crippen LogP contribution in [-0.4, -0.2) is 40.7 Å². The van der Waals surface area contributed by atoms with Gasteiger partial charge in [-0.05, 0) is 37.5 Å². The van der Waals surface area contributed by atoms with Crippen molar-refractivity contribution in [1.82, 2.24) is 20.0 Å². The van der Waals surface area contributed by atoms with E-state index in [4.69, 9.17) is 0 Å². The van der Waals surface area contributed by atoms with Crippen molar-refractivity contribution in [2.75, 3.05) is 20.1 Å². The fourth-order valence-electron chi connectivity index (χ4n) is 3.88. The van der Waals surface area contributed by atoms with E-state index in [0.29, 0.717) is 0 Å². The lowest BCUT2D eigenvalue weighted by molar-refractivity contribution is -0.136. The summed E-state index contributed by atoms with van der Waals surface area (Å²) in [5.41, 5.74) is 4.84. The minimum absolute atomic E-state index is 0.0394. The molecular formula is C20H28N4O. The van der Waals surface area contributed by atoms with Crippen LogP contribution in [0, 0.1) is 19.8 Å². The molecule has 3 rings (SSSR count). The Morgan fingerprint density at radius 2 is 2.12 bits per heavy atom. The van der Waals surface area contributed by atoms with Gasteiger partial charge in [-0.15, -0.1) is 0 Å².